The highest BCUT2D eigenvalue weighted by atomic mass is 19.1. The number of halogens is 1. The van der Waals surface area contributed by atoms with Gasteiger partial charge in [-0.3, -0.25) is 9.69 Å². The molecular weight excluding hydrogens is 379 g/mol. The van der Waals surface area contributed by atoms with E-state index in [9.17, 15) is 18.8 Å². The van der Waals surface area contributed by atoms with Gasteiger partial charge >= 0.3 is 6.09 Å². The molecule has 0 fully saturated rings. The van der Waals surface area contributed by atoms with Crippen LogP contribution < -0.4 is 5.32 Å². The van der Waals surface area contributed by atoms with Gasteiger partial charge in [-0.2, -0.15) is 0 Å². The number of aromatic nitrogens is 2. The number of benzene rings is 1. The highest BCUT2D eigenvalue weighted by Crippen LogP contribution is 2.32. The van der Waals surface area contributed by atoms with Crippen molar-refractivity contribution in [3.63, 3.8) is 0 Å². The lowest BCUT2D eigenvalue weighted by molar-refractivity contribution is -0.122. The van der Waals surface area contributed by atoms with Gasteiger partial charge in [0.2, 0.25) is 5.91 Å². The highest BCUT2D eigenvalue weighted by Gasteiger charge is 2.28. The summed E-state index contributed by atoms with van der Waals surface area (Å²) in [6.45, 7) is 4.93. The second-order valence-electron chi connectivity index (χ2n) is 8.22. The van der Waals surface area contributed by atoms with Crippen molar-refractivity contribution in [2.24, 2.45) is 5.92 Å². The minimum Gasteiger partial charge on any atom is -0.444 e. The average molecular weight is 404 g/mol. The molecule has 8 nitrogen and oxygen atoms in total. The average Bonchev–Trinajstić information content (AvgIpc) is 3.23. The SMILES string of the molecule is CNC(=O)CN(Cc1nc2c(F)c3c(cc2[nH]1)CC(C=O)C3)C(=O)OC(C)(C)C. The van der Waals surface area contributed by atoms with Crippen molar-refractivity contribution in [3.05, 3.63) is 28.8 Å². The molecule has 1 atom stereocenters. The van der Waals surface area contributed by atoms with E-state index in [1.54, 1.807) is 26.8 Å². The molecule has 2 aromatic rings. The Balaban J connectivity index is 1.88. The molecule has 0 spiro atoms. The molecule has 0 radical (unpaired) electrons. The van der Waals surface area contributed by atoms with E-state index in [0.29, 0.717) is 29.7 Å². The zero-order valence-corrected chi connectivity index (χ0v) is 17.0. The molecule has 3 rings (SSSR count). The summed E-state index contributed by atoms with van der Waals surface area (Å²) >= 11 is 0. The third-order valence-electron chi connectivity index (χ3n) is 4.71. The van der Waals surface area contributed by atoms with E-state index in [0.717, 1.165) is 11.8 Å². The maximum absolute atomic E-state index is 14.9. The summed E-state index contributed by atoms with van der Waals surface area (Å²) in [6, 6.07) is 1.80. The third kappa shape index (κ3) is 4.55. The number of imidazole rings is 1. The molecule has 1 unspecified atom stereocenters. The molecule has 1 heterocycles. The van der Waals surface area contributed by atoms with E-state index in [-0.39, 0.29) is 30.4 Å². The summed E-state index contributed by atoms with van der Waals surface area (Å²) in [7, 11) is 1.47. The van der Waals surface area contributed by atoms with Crippen LogP contribution in [0.3, 0.4) is 0 Å². The standard InChI is InChI=1S/C20H25FN4O4/c1-20(2,3)29-19(28)25(9-16(27)22-4)8-15-23-14-7-12-5-11(10-26)6-13(12)17(21)18(14)24-15/h7,10-11H,5-6,8-9H2,1-4H3,(H,22,27)(H,23,24). The molecule has 1 aliphatic rings. The Labute approximate surface area is 167 Å². The van der Waals surface area contributed by atoms with Crippen LogP contribution in [0, 0.1) is 11.7 Å². The molecule has 9 heteroatoms. The fraction of sp³-hybridized carbons (Fsp3) is 0.500. The van der Waals surface area contributed by atoms with Gasteiger partial charge in [0.05, 0.1) is 12.1 Å². The Hall–Kier alpha value is -2.97. The van der Waals surface area contributed by atoms with E-state index in [1.165, 1.54) is 11.9 Å². The number of rotatable bonds is 5. The fourth-order valence-electron chi connectivity index (χ4n) is 3.39. The maximum atomic E-state index is 14.9. The van der Waals surface area contributed by atoms with Crippen molar-refractivity contribution < 1.29 is 23.5 Å². The van der Waals surface area contributed by atoms with E-state index in [4.69, 9.17) is 4.74 Å². The van der Waals surface area contributed by atoms with Crippen LogP contribution in [-0.4, -0.2) is 52.3 Å². The number of likely N-dealkylation sites (N-methyl/N-ethyl adjacent to an activating group) is 1. The van der Waals surface area contributed by atoms with Gasteiger partial charge in [-0.1, -0.05) is 0 Å². The predicted molar refractivity (Wildman–Crippen MR) is 104 cm³/mol. The summed E-state index contributed by atoms with van der Waals surface area (Å²) in [5.74, 6) is -0.679. The number of carbonyl (C=O) groups excluding carboxylic acids is 3. The zero-order valence-electron chi connectivity index (χ0n) is 17.0. The monoisotopic (exact) mass is 404 g/mol. The lowest BCUT2D eigenvalue weighted by Gasteiger charge is -2.26. The van der Waals surface area contributed by atoms with E-state index >= 15 is 0 Å². The zero-order chi connectivity index (χ0) is 21.3. The molecule has 29 heavy (non-hydrogen) atoms. The number of fused-ring (bicyclic) bond motifs is 2. The smallest absolute Gasteiger partial charge is 0.411 e. The van der Waals surface area contributed by atoms with Gasteiger partial charge in [0, 0.05) is 13.0 Å². The Bertz CT molecular complexity index is 964. The number of carbonyl (C=O) groups is 3. The van der Waals surface area contributed by atoms with Gasteiger partial charge in [-0.05, 0) is 50.8 Å². The van der Waals surface area contributed by atoms with Crippen molar-refractivity contribution in [2.45, 2.75) is 45.8 Å². The summed E-state index contributed by atoms with van der Waals surface area (Å²) in [4.78, 5) is 43.9. The molecule has 0 bridgehead atoms. The Morgan fingerprint density at radius 1 is 1.41 bits per heavy atom. The molecule has 0 aliphatic heterocycles. The Morgan fingerprint density at radius 3 is 2.76 bits per heavy atom. The highest BCUT2D eigenvalue weighted by molar-refractivity contribution is 5.82. The van der Waals surface area contributed by atoms with Crippen molar-refractivity contribution in [2.75, 3.05) is 13.6 Å². The number of hydrogen-bond donors (Lipinski definition) is 2. The second kappa shape index (κ2) is 7.81. The van der Waals surface area contributed by atoms with Crippen LogP contribution in [0.15, 0.2) is 6.07 Å². The molecule has 2 N–H and O–H groups in total. The number of amides is 2. The number of ether oxygens (including phenoxy) is 1. The first-order valence-electron chi connectivity index (χ1n) is 9.44. The molecular formula is C20H25FN4O4. The quantitative estimate of drug-likeness (QED) is 0.743. The first-order chi connectivity index (χ1) is 13.6. The van der Waals surface area contributed by atoms with Gasteiger partial charge in [-0.15, -0.1) is 0 Å². The minimum atomic E-state index is -0.728. The maximum Gasteiger partial charge on any atom is 0.411 e. The molecule has 0 saturated heterocycles. The minimum absolute atomic E-state index is 0.0436. The van der Waals surface area contributed by atoms with Crippen molar-refractivity contribution >= 4 is 29.3 Å². The third-order valence-corrected chi connectivity index (χ3v) is 4.71. The van der Waals surface area contributed by atoms with Gasteiger partial charge in [-0.25, -0.2) is 14.2 Å². The van der Waals surface area contributed by atoms with Gasteiger partial charge in [0.25, 0.3) is 0 Å². The number of H-pyrrole nitrogens is 1. The summed E-state index contributed by atoms with van der Waals surface area (Å²) in [5.41, 5.74) is 1.23. The number of nitrogens with one attached hydrogen (secondary N) is 2. The molecule has 1 aliphatic carbocycles. The van der Waals surface area contributed by atoms with Crippen LogP contribution in [0.1, 0.15) is 37.7 Å². The van der Waals surface area contributed by atoms with Crippen molar-refractivity contribution in [3.8, 4) is 0 Å². The molecule has 0 saturated carbocycles. The largest absolute Gasteiger partial charge is 0.444 e. The summed E-state index contributed by atoms with van der Waals surface area (Å²) in [6.07, 6.45) is 1.05. The van der Waals surface area contributed by atoms with E-state index in [2.05, 4.69) is 15.3 Å². The van der Waals surface area contributed by atoms with E-state index < -0.39 is 17.5 Å². The Morgan fingerprint density at radius 2 is 2.14 bits per heavy atom. The number of hydrogen-bond acceptors (Lipinski definition) is 5. The first kappa shape index (κ1) is 20.8. The fourth-order valence-corrected chi connectivity index (χ4v) is 3.39. The van der Waals surface area contributed by atoms with E-state index in [1.807, 2.05) is 0 Å². The van der Waals surface area contributed by atoms with Crippen LogP contribution in [-0.2, 0) is 33.7 Å². The summed E-state index contributed by atoms with van der Waals surface area (Å²) < 4.78 is 20.3. The predicted octanol–water partition coefficient (Wildman–Crippen LogP) is 2.10. The molecule has 1 aromatic heterocycles. The van der Waals surface area contributed by atoms with Crippen molar-refractivity contribution in [1.82, 2.24) is 20.2 Å². The molecule has 2 amide bonds. The number of nitrogens with zero attached hydrogens (tertiary/aromatic N) is 2. The van der Waals surface area contributed by atoms with Crippen LogP contribution in [0.2, 0.25) is 0 Å². The lowest BCUT2D eigenvalue weighted by Crippen LogP contribution is -2.42. The van der Waals surface area contributed by atoms with Crippen LogP contribution in [0.25, 0.3) is 11.0 Å². The van der Waals surface area contributed by atoms with Gasteiger partial charge < -0.3 is 19.8 Å². The normalized spacial score (nSPS) is 15.8. The molecule has 1 aromatic carbocycles. The second-order valence-corrected chi connectivity index (χ2v) is 8.22. The lowest BCUT2D eigenvalue weighted by atomic mass is 10.1. The first-order valence-corrected chi connectivity index (χ1v) is 9.44. The number of aromatic amines is 1. The van der Waals surface area contributed by atoms with Crippen LogP contribution >= 0.6 is 0 Å². The Kier molecular flexibility index (Phi) is 5.59. The van der Waals surface area contributed by atoms with Gasteiger partial charge in [0.15, 0.2) is 5.82 Å². The summed E-state index contributed by atoms with van der Waals surface area (Å²) in [5, 5.41) is 2.47. The van der Waals surface area contributed by atoms with Gasteiger partial charge in [0.1, 0.15) is 29.8 Å². The number of aldehydes is 1. The van der Waals surface area contributed by atoms with Crippen LogP contribution in [0.5, 0.6) is 0 Å². The molecule has 156 valence electrons. The van der Waals surface area contributed by atoms with Crippen LogP contribution in [0.4, 0.5) is 9.18 Å². The topological polar surface area (TPSA) is 104 Å². The van der Waals surface area contributed by atoms with Crippen molar-refractivity contribution in [1.29, 1.82) is 0 Å².